The van der Waals surface area contributed by atoms with Crippen molar-refractivity contribution in [2.24, 2.45) is 0 Å². The predicted molar refractivity (Wildman–Crippen MR) is 225 cm³/mol. The molecule has 0 fully saturated rings. The molecule has 0 aliphatic rings. The first kappa shape index (κ1) is 38.8. The van der Waals surface area contributed by atoms with Gasteiger partial charge in [-0.05, 0) is 235 Å². The third kappa shape index (κ3) is 7.27. The molecule has 0 aliphatic heterocycles. The van der Waals surface area contributed by atoms with Crippen LogP contribution < -0.4 is 14.2 Å². The van der Waals surface area contributed by atoms with Crippen molar-refractivity contribution >= 4 is 223 Å². The van der Waals surface area contributed by atoms with Gasteiger partial charge in [0.2, 0.25) is 0 Å². The number of halogens is 14. The first-order chi connectivity index (χ1) is 20.1. The molecule has 0 atom stereocenters. The minimum absolute atomic E-state index is 0.534. The summed E-state index contributed by atoms with van der Waals surface area (Å²) in [5.74, 6) is 2.36. The molecule has 4 aromatic rings. The van der Waals surface area contributed by atoms with Gasteiger partial charge in [0.1, 0.15) is 11.5 Å². The van der Waals surface area contributed by atoms with Crippen LogP contribution in [0.3, 0.4) is 0 Å². The van der Waals surface area contributed by atoms with Crippen LogP contribution in [-0.4, -0.2) is 14.2 Å². The lowest BCUT2D eigenvalue weighted by atomic mass is 10.0. The van der Waals surface area contributed by atoms with E-state index in [1.54, 1.807) is 14.2 Å². The summed E-state index contributed by atoms with van der Waals surface area (Å²) in [7, 11) is 3.23. The van der Waals surface area contributed by atoms with Gasteiger partial charge in [-0.1, -0.05) is 0 Å². The zero-order valence-corrected chi connectivity index (χ0v) is 42.9. The minimum atomic E-state index is 0.534. The zero-order valence-electron chi connectivity index (χ0n) is 20.7. The third-order valence-corrected chi connectivity index (χ3v) is 19.6. The summed E-state index contributed by atoms with van der Waals surface area (Å²) in [6.07, 6.45) is 0. The summed E-state index contributed by atoms with van der Waals surface area (Å²) < 4.78 is 28.5. The Morgan fingerprint density at radius 2 is 0.628 bits per heavy atom. The van der Waals surface area contributed by atoms with Gasteiger partial charge in [0.15, 0.2) is 11.5 Å². The Bertz CT molecular complexity index is 1630. The largest absolute Gasteiger partial charge is 0.494 e. The number of hydrogen-bond donors (Lipinski definition) is 0. The molecule has 228 valence electrons. The average Bonchev–Trinajstić information content (AvgIpc) is 2.96. The highest BCUT2D eigenvalue weighted by atomic mass is 79.9. The lowest BCUT2D eigenvalue weighted by Gasteiger charge is -2.22. The van der Waals surface area contributed by atoms with Gasteiger partial charge >= 0.3 is 0 Å². The number of hydrogen-bond acceptors (Lipinski definition) is 3. The molecule has 43 heavy (non-hydrogen) atoms. The Hall–Kier alpha value is 3.00. The Morgan fingerprint density at radius 1 is 0.349 bits per heavy atom. The van der Waals surface area contributed by atoms with Crippen molar-refractivity contribution in [2.75, 3.05) is 14.2 Å². The molecule has 0 amide bonds. The molecule has 17 heteroatoms. The van der Waals surface area contributed by atoms with E-state index >= 15 is 0 Å². The van der Waals surface area contributed by atoms with Crippen molar-refractivity contribution in [1.82, 2.24) is 0 Å². The van der Waals surface area contributed by atoms with E-state index in [1.165, 1.54) is 0 Å². The number of methoxy groups -OCH3 is 2. The molecular weight excluding hydrogens is 1480 g/mol. The molecule has 0 saturated carbocycles. The van der Waals surface area contributed by atoms with E-state index in [0.29, 0.717) is 40.9 Å². The topological polar surface area (TPSA) is 27.7 Å². The lowest BCUT2D eigenvalue weighted by Crippen LogP contribution is -1.98. The van der Waals surface area contributed by atoms with E-state index in [2.05, 4.69) is 223 Å². The smallest absolute Gasteiger partial charge is 0.157 e. The monoisotopic (exact) mass is 1470 g/mol. The van der Waals surface area contributed by atoms with Crippen LogP contribution in [0.15, 0.2) is 74.8 Å². The van der Waals surface area contributed by atoms with E-state index in [0.717, 1.165) is 67.0 Å². The molecule has 0 saturated heterocycles. The predicted octanol–water partition coefficient (Wildman–Crippen LogP) is 17.5. The second-order valence-corrected chi connectivity index (χ2v) is 19.4. The summed E-state index contributed by atoms with van der Waals surface area (Å²) >= 11 is 52.2. The maximum absolute atomic E-state index is 6.75. The molecule has 0 spiro atoms. The standard InChI is InChI=1S/C26H8Br14O3/c1-41-23-19(37)15(33)9(16(34)20(23)38)5-3-7(27)13(31)25(11(5)29)43-26-12(30)6(4-8(28)14(26)32)10-17(35)21(39)24(42-2)22(40)18(10)36/h3-4H,1-2H3. The second kappa shape index (κ2) is 15.9. The highest BCUT2D eigenvalue weighted by Gasteiger charge is 2.29. The van der Waals surface area contributed by atoms with Crippen LogP contribution in [0.5, 0.6) is 23.0 Å². The van der Waals surface area contributed by atoms with Crippen LogP contribution in [0, 0.1) is 0 Å². The minimum Gasteiger partial charge on any atom is -0.494 e. The highest BCUT2D eigenvalue weighted by molar-refractivity contribution is 9.15. The van der Waals surface area contributed by atoms with Crippen LogP contribution in [0.1, 0.15) is 0 Å². The maximum atomic E-state index is 6.75. The van der Waals surface area contributed by atoms with E-state index < -0.39 is 0 Å². The fourth-order valence-corrected chi connectivity index (χ4v) is 12.8. The van der Waals surface area contributed by atoms with E-state index in [-0.39, 0.29) is 0 Å². The molecule has 3 nitrogen and oxygen atoms in total. The number of rotatable bonds is 6. The van der Waals surface area contributed by atoms with Gasteiger partial charge in [-0.2, -0.15) is 0 Å². The summed E-state index contributed by atoms with van der Waals surface area (Å²) in [6, 6.07) is 3.99. The average molecular weight is 1490 g/mol. The van der Waals surface area contributed by atoms with Crippen molar-refractivity contribution < 1.29 is 14.2 Å². The van der Waals surface area contributed by atoms with Crippen LogP contribution >= 0.6 is 223 Å². The molecule has 0 aliphatic carbocycles. The molecule has 0 heterocycles. The van der Waals surface area contributed by atoms with Crippen molar-refractivity contribution in [2.45, 2.75) is 0 Å². The summed E-state index contributed by atoms with van der Waals surface area (Å²) in [4.78, 5) is 0. The molecular formula is C26H8Br14O3. The van der Waals surface area contributed by atoms with E-state index in [9.17, 15) is 0 Å². The third-order valence-electron chi connectivity index (χ3n) is 5.83. The summed E-state index contributed by atoms with van der Waals surface area (Å²) in [5, 5.41) is 0. The Morgan fingerprint density at radius 3 is 0.884 bits per heavy atom. The van der Waals surface area contributed by atoms with Crippen molar-refractivity contribution in [3.05, 3.63) is 74.8 Å². The number of benzene rings is 4. The molecule has 4 aromatic carbocycles. The van der Waals surface area contributed by atoms with Crippen LogP contribution in [0.4, 0.5) is 0 Å². The zero-order chi connectivity index (χ0) is 32.2. The molecule has 0 unspecified atom stereocenters. The SMILES string of the molecule is COc1c(Br)c(Br)c(-c2cc(Br)c(Br)c(Oc3c(Br)c(Br)cc(-c4c(Br)c(Br)c(OC)c(Br)c4Br)c3Br)c2Br)c(Br)c1Br. The molecule has 4 rings (SSSR count). The quantitative estimate of drug-likeness (QED) is 0.180. The first-order valence-electron chi connectivity index (χ1n) is 10.9. The molecule has 0 bridgehead atoms. The van der Waals surface area contributed by atoms with Crippen LogP contribution in [0.25, 0.3) is 22.3 Å². The van der Waals surface area contributed by atoms with Gasteiger partial charge in [-0.25, -0.2) is 0 Å². The van der Waals surface area contributed by atoms with Gasteiger partial charge in [0.05, 0.1) is 50.0 Å². The first-order valence-corrected chi connectivity index (χ1v) is 22.0. The fourth-order valence-electron chi connectivity index (χ4n) is 3.86. The van der Waals surface area contributed by atoms with E-state index in [4.69, 9.17) is 14.2 Å². The fraction of sp³-hybridized carbons (Fsp3) is 0.0769. The number of ether oxygens (including phenoxy) is 3. The summed E-state index contributed by atoms with van der Waals surface area (Å²) in [5.41, 5.74) is 3.39. The molecule has 0 N–H and O–H groups in total. The molecule has 0 radical (unpaired) electrons. The van der Waals surface area contributed by atoms with Crippen LogP contribution in [-0.2, 0) is 0 Å². The van der Waals surface area contributed by atoms with Gasteiger partial charge in [0, 0.05) is 49.1 Å². The second-order valence-electron chi connectivity index (χ2n) is 8.16. The summed E-state index contributed by atoms with van der Waals surface area (Å²) in [6.45, 7) is 0. The van der Waals surface area contributed by atoms with Gasteiger partial charge in [0.25, 0.3) is 0 Å². The highest BCUT2D eigenvalue weighted by Crippen LogP contribution is 2.58. The van der Waals surface area contributed by atoms with Gasteiger partial charge in [-0.15, -0.1) is 0 Å². The molecule has 0 aromatic heterocycles. The van der Waals surface area contributed by atoms with Gasteiger partial charge < -0.3 is 14.2 Å². The normalized spacial score (nSPS) is 11.3. The van der Waals surface area contributed by atoms with Crippen molar-refractivity contribution in [3.63, 3.8) is 0 Å². The van der Waals surface area contributed by atoms with Crippen molar-refractivity contribution in [3.8, 4) is 45.3 Å². The Kier molecular flexibility index (Phi) is 14.4. The van der Waals surface area contributed by atoms with Crippen molar-refractivity contribution in [1.29, 1.82) is 0 Å². The van der Waals surface area contributed by atoms with Gasteiger partial charge in [-0.3, -0.25) is 0 Å². The van der Waals surface area contributed by atoms with E-state index in [1.807, 2.05) is 12.1 Å². The lowest BCUT2D eigenvalue weighted by molar-refractivity contribution is 0.408. The van der Waals surface area contributed by atoms with Crippen LogP contribution in [0.2, 0.25) is 0 Å². The maximum Gasteiger partial charge on any atom is 0.157 e. The Balaban J connectivity index is 2.00. The Labute approximate surface area is 365 Å².